The first-order valence-corrected chi connectivity index (χ1v) is 9.58. The van der Waals surface area contributed by atoms with Gasteiger partial charge in [0.15, 0.2) is 0 Å². The first kappa shape index (κ1) is 19.5. The molecule has 2 aromatic rings. The average Bonchev–Trinajstić information content (AvgIpc) is 3.28. The summed E-state index contributed by atoms with van der Waals surface area (Å²) in [6, 6.07) is 8.20. The molecule has 0 saturated carbocycles. The molecule has 0 bridgehead atoms. The lowest BCUT2D eigenvalue weighted by Gasteiger charge is -2.29. The molecule has 0 N–H and O–H groups in total. The number of morpholine rings is 1. The van der Waals surface area contributed by atoms with Gasteiger partial charge in [0.1, 0.15) is 11.4 Å². The zero-order valence-corrected chi connectivity index (χ0v) is 15.8. The van der Waals surface area contributed by atoms with Crippen molar-refractivity contribution in [2.24, 2.45) is 0 Å². The normalized spacial score (nSPS) is 18.0. The van der Waals surface area contributed by atoms with Crippen molar-refractivity contribution in [2.45, 2.75) is 6.36 Å². The second-order valence-electron chi connectivity index (χ2n) is 6.29. The van der Waals surface area contributed by atoms with Gasteiger partial charge in [0.2, 0.25) is 0 Å². The zero-order valence-electron chi connectivity index (χ0n) is 14.9. The van der Waals surface area contributed by atoms with Crippen molar-refractivity contribution in [1.29, 1.82) is 0 Å². The smallest absolute Gasteiger partial charge is 0.406 e. The van der Waals surface area contributed by atoms with Gasteiger partial charge in [0, 0.05) is 18.0 Å². The summed E-state index contributed by atoms with van der Waals surface area (Å²) in [6.07, 6.45) is -4.82. The molecular weight excluding hydrogens is 409 g/mol. The van der Waals surface area contributed by atoms with Gasteiger partial charge in [-0.25, -0.2) is 4.90 Å². The van der Waals surface area contributed by atoms with Gasteiger partial charge in [-0.1, -0.05) is 6.07 Å². The lowest BCUT2D eigenvalue weighted by Crippen LogP contribution is -2.40. The van der Waals surface area contributed by atoms with Gasteiger partial charge >= 0.3 is 6.36 Å². The van der Waals surface area contributed by atoms with E-state index in [-0.39, 0.29) is 11.4 Å². The van der Waals surface area contributed by atoms with Crippen molar-refractivity contribution in [3.05, 3.63) is 52.4 Å². The van der Waals surface area contributed by atoms with Crippen LogP contribution in [0, 0.1) is 0 Å². The number of thiophene rings is 1. The number of carbonyl (C=O) groups excluding carboxylic acids is 2. The van der Waals surface area contributed by atoms with E-state index in [1.54, 1.807) is 12.1 Å². The molecule has 1 aromatic heterocycles. The largest absolute Gasteiger partial charge is 0.573 e. The Labute approximate surface area is 167 Å². The number of hydrogen-bond acceptors (Lipinski definition) is 6. The summed E-state index contributed by atoms with van der Waals surface area (Å²) in [7, 11) is 0. The molecule has 1 saturated heterocycles. The number of carbonyl (C=O) groups is 2. The zero-order chi connectivity index (χ0) is 20.6. The Balaban J connectivity index is 1.68. The van der Waals surface area contributed by atoms with Gasteiger partial charge in [-0.15, -0.1) is 24.5 Å². The molecule has 152 valence electrons. The first-order chi connectivity index (χ1) is 13.8. The highest BCUT2D eigenvalue weighted by Gasteiger charge is 2.43. The Morgan fingerprint density at radius 2 is 1.69 bits per heavy atom. The minimum absolute atomic E-state index is 0.173. The molecule has 1 fully saturated rings. The molecule has 1 aromatic carbocycles. The third kappa shape index (κ3) is 3.85. The Morgan fingerprint density at radius 1 is 1.00 bits per heavy atom. The number of halogens is 3. The lowest BCUT2D eigenvalue weighted by atomic mass is 10.1. The van der Waals surface area contributed by atoms with Crippen LogP contribution in [0.3, 0.4) is 0 Å². The van der Waals surface area contributed by atoms with Crippen LogP contribution in [0.25, 0.3) is 5.57 Å². The van der Waals surface area contributed by atoms with Crippen LogP contribution in [-0.4, -0.2) is 49.4 Å². The molecule has 0 unspecified atom stereocenters. The molecule has 29 heavy (non-hydrogen) atoms. The van der Waals surface area contributed by atoms with E-state index in [1.165, 1.54) is 23.5 Å². The Hall–Kier alpha value is -2.85. The topological polar surface area (TPSA) is 59.1 Å². The summed E-state index contributed by atoms with van der Waals surface area (Å²) >= 11 is 1.34. The first-order valence-electron chi connectivity index (χ1n) is 8.70. The second kappa shape index (κ2) is 7.53. The summed E-state index contributed by atoms with van der Waals surface area (Å²) in [5.41, 5.74) is 0.755. The number of rotatable bonds is 4. The van der Waals surface area contributed by atoms with E-state index in [1.807, 2.05) is 10.3 Å². The van der Waals surface area contributed by atoms with E-state index in [0.717, 1.165) is 17.0 Å². The van der Waals surface area contributed by atoms with Crippen molar-refractivity contribution in [1.82, 2.24) is 4.90 Å². The quantitative estimate of drug-likeness (QED) is 0.706. The number of benzene rings is 1. The van der Waals surface area contributed by atoms with Gasteiger partial charge in [0.25, 0.3) is 11.8 Å². The number of amides is 2. The molecular formula is C19H15F3N2O4S. The minimum Gasteiger partial charge on any atom is -0.406 e. The maximum Gasteiger partial charge on any atom is 0.573 e. The van der Waals surface area contributed by atoms with Crippen LogP contribution >= 0.6 is 11.3 Å². The standard InChI is InChI=1S/C19H15F3N2O4S/c20-19(21,22)28-13-5-3-12(4-6-13)24-17(25)15(14-2-1-11-29-14)16(18(24)26)23-7-9-27-10-8-23/h1-6,11H,7-10H2. The van der Waals surface area contributed by atoms with Gasteiger partial charge in [-0.05, 0) is 35.7 Å². The van der Waals surface area contributed by atoms with Crippen LogP contribution in [0.2, 0.25) is 0 Å². The Bertz CT molecular complexity index is 949. The SMILES string of the molecule is O=C1C(c2cccs2)=C(N2CCOCC2)C(=O)N1c1ccc(OC(F)(F)F)cc1. The summed E-state index contributed by atoms with van der Waals surface area (Å²) in [4.78, 5) is 29.8. The third-order valence-electron chi connectivity index (χ3n) is 4.48. The number of ether oxygens (including phenoxy) is 2. The van der Waals surface area contributed by atoms with Crippen molar-refractivity contribution < 1.29 is 32.2 Å². The van der Waals surface area contributed by atoms with Crippen molar-refractivity contribution in [3.63, 3.8) is 0 Å². The van der Waals surface area contributed by atoms with Gasteiger partial charge < -0.3 is 14.4 Å². The van der Waals surface area contributed by atoms with Crippen LogP contribution in [0.5, 0.6) is 5.75 Å². The predicted molar refractivity (Wildman–Crippen MR) is 99.2 cm³/mol. The number of nitrogens with zero attached hydrogens (tertiary/aromatic N) is 2. The van der Waals surface area contributed by atoms with E-state index in [9.17, 15) is 22.8 Å². The molecule has 0 radical (unpaired) electrons. The highest BCUT2D eigenvalue weighted by molar-refractivity contribution is 7.11. The molecule has 2 amide bonds. The molecule has 3 heterocycles. The molecule has 4 rings (SSSR count). The van der Waals surface area contributed by atoms with Crippen LogP contribution in [-0.2, 0) is 14.3 Å². The van der Waals surface area contributed by atoms with E-state index in [4.69, 9.17) is 4.74 Å². The molecule has 6 nitrogen and oxygen atoms in total. The van der Waals surface area contributed by atoms with E-state index in [2.05, 4.69) is 4.74 Å². The summed E-state index contributed by atoms with van der Waals surface area (Å²) < 4.78 is 46.3. The van der Waals surface area contributed by atoms with Crippen molar-refractivity contribution in [3.8, 4) is 5.75 Å². The molecule has 2 aliphatic rings. The number of hydrogen-bond donors (Lipinski definition) is 0. The van der Waals surface area contributed by atoms with Crippen LogP contribution < -0.4 is 9.64 Å². The van der Waals surface area contributed by atoms with E-state index >= 15 is 0 Å². The monoisotopic (exact) mass is 424 g/mol. The number of anilines is 1. The van der Waals surface area contributed by atoms with Crippen molar-refractivity contribution >= 4 is 34.4 Å². The fourth-order valence-electron chi connectivity index (χ4n) is 3.27. The molecule has 0 aliphatic carbocycles. The highest BCUT2D eigenvalue weighted by Crippen LogP contribution is 2.37. The average molecular weight is 424 g/mol. The van der Waals surface area contributed by atoms with Gasteiger partial charge in [-0.3, -0.25) is 9.59 Å². The number of alkyl halides is 3. The summed E-state index contributed by atoms with van der Waals surface area (Å²) in [5, 5.41) is 1.81. The Morgan fingerprint density at radius 3 is 2.28 bits per heavy atom. The Kier molecular flexibility index (Phi) is 5.05. The minimum atomic E-state index is -4.82. The van der Waals surface area contributed by atoms with Crippen LogP contribution in [0.15, 0.2) is 47.5 Å². The van der Waals surface area contributed by atoms with E-state index < -0.39 is 23.9 Å². The summed E-state index contributed by atoms with van der Waals surface area (Å²) in [5.74, 6) is -1.45. The van der Waals surface area contributed by atoms with Gasteiger partial charge in [0.05, 0.1) is 24.5 Å². The molecule has 0 atom stereocenters. The maximum atomic E-state index is 13.2. The molecule has 2 aliphatic heterocycles. The predicted octanol–water partition coefficient (Wildman–Crippen LogP) is 3.26. The fraction of sp³-hybridized carbons (Fsp3) is 0.263. The maximum absolute atomic E-state index is 13.2. The van der Waals surface area contributed by atoms with Crippen LogP contribution in [0.4, 0.5) is 18.9 Å². The van der Waals surface area contributed by atoms with Crippen molar-refractivity contribution in [2.75, 3.05) is 31.2 Å². The third-order valence-corrected chi connectivity index (χ3v) is 5.37. The molecule has 10 heteroatoms. The number of imide groups is 1. The highest BCUT2D eigenvalue weighted by atomic mass is 32.1. The van der Waals surface area contributed by atoms with E-state index in [0.29, 0.717) is 36.8 Å². The summed E-state index contributed by atoms with van der Waals surface area (Å²) in [6.45, 7) is 1.81. The molecule has 0 spiro atoms. The lowest BCUT2D eigenvalue weighted by molar-refractivity contribution is -0.274. The fourth-order valence-corrected chi connectivity index (χ4v) is 4.04. The van der Waals surface area contributed by atoms with Gasteiger partial charge in [-0.2, -0.15) is 0 Å². The van der Waals surface area contributed by atoms with Crippen LogP contribution in [0.1, 0.15) is 4.88 Å². The second-order valence-corrected chi connectivity index (χ2v) is 7.24.